The smallest absolute Gasteiger partial charge is 0.231 e. The SMILES string of the molecule is Cc1cccc(/C(C#N)=C\c2cc3c(cc2Cl)OCO3)c1. The zero-order valence-corrected chi connectivity index (χ0v) is 12.1. The number of hydrogen-bond acceptors (Lipinski definition) is 3. The first-order valence-electron chi connectivity index (χ1n) is 6.45. The monoisotopic (exact) mass is 297 g/mol. The van der Waals surface area contributed by atoms with Crippen LogP contribution in [0.1, 0.15) is 16.7 Å². The Balaban J connectivity index is 2.06. The first-order chi connectivity index (χ1) is 10.2. The van der Waals surface area contributed by atoms with Crippen LogP contribution in [0.2, 0.25) is 5.02 Å². The lowest BCUT2D eigenvalue weighted by molar-refractivity contribution is 0.174. The molecular weight excluding hydrogens is 286 g/mol. The Morgan fingerprint density at radius 3 is 2.71 bits per heavy atom. The first kappa shape index (κ1) is 13.5. The summed E-state index contributed by atoms with van der Waals surface area (Å²) in [5.41, 5.74) is 3.26. The maximum atomic E-state index is 9.40. The van der Waals surface area contributed by atoms with Gasteiger partial charge in [-0.2, -0.15) is 5.26 Å². The molecule has 21 heavy (non-hydrogen) atoms. The molecule has 1 aliphatic rings. The molecule has 0 saturated heterocycles. The Labute approximate surface area is 128 Å². The van der Waals surface area contributed by atoms with E-state index in [0.29, 0.717) is 22.1 Å². The number of halogens is 1. The van der Waals surface area contributed by atoms with Crippen molar-refractivity contribution in [2.75, 3.05) is 6.79 Å². The number of allylic oxidation sites excluding steroid dienone is 1. The molecule has 2 aromatic rings. The summed E-state index contributed by atoms with van der Waals surface area (Å²) in [6.45, 7) is 2.19. The molecule has 0 unspecified atom stereocenters. The van der Waals surface area contributed by atoms with Gasteiger partial charge in [0.05, 0.1) is 16.7 Å². The van der Waals surface area contributed by atoms with Crippen LogP contribution in [0.15, 0.2) is 36.4 Å². The van der Waals surface area contributed by atoms with Gasteiger partial charge in [0.25, 0.3) is 0 Å². The zero-order valence-electron chi connectivity index (χ0n) is 11.4. The maximum absolute atomic E-state index is 9.40. The number of benzene rings is 2. The fourth-order valence-electron chi connectivity index (χ4n) is 2.19. The molecule has 0 aromatic heterocycles. The Hall–Kier alpha value is -2.44. The number of fused-ring (bicyclic) bond motifs is 1. The van der Waals surface area contributed by atoms with Crippen molar-refractivity contribution >= 4 is 23.3 Å². The third kappa shape index (κ3) is 2.72. The van der Waals surface area contributed by atoms with Crippen LogP contribution < -0.4 is 9.47 Å². The van der Waals surface area contributed by atoms with Gasteiger partial charge in [-0.1, -0.05) is 41.4 Å². The second kappa shape index (κ2) is 5.51. The van der Waals surface area contributed by atoms with E-state index in [1.807, 2.05) is 31.2 Å². The average molecular weight is 298 g/mol. The van der Waals surface area contributed by atoms with Crippen LogP contribution in [0, 0.1) is 18.3 Å². The summed E-state index contributed by atoms with van der Waals surface area (Å²) in [5, 5.41) is 9.93. The third-order valence-corrected chi connectivity index (χ3v) is 3.57. The highest BCUT2D eigenvalue weighted by Crippen LogP contribution is 2.38. The highest BCUT2D eigenvalue weighted by molar-refractivity contribution is 6.32. The number of ether oxygens (including phenoxy) is 2. The fourth-order valence-corrected chi connectivity index (χ4v) is 2.40. The van der Waals surface area contributed by atoms with Crippen LogP contribution in [-0.4, -0.2) is 6.79 Å². The number of rotatable bonds is 2. The van der Waals surface area contributed by atoms with E-state index in [1.54, 1.807) is 18.2 Å². The standard InChI is InChI=1S/C17H12ClNO2/c1-11-3-2-4-12(5-11)14(9-19)6-13-7-16-17(8-15(13)18)21-10-20-16/h2-8H,10H2,1H3/b14-6-. The van der Waals surface area contributed by atoms with Gasteiger partial charge in [0.2, 0.25) is 6.79 Å². The first-order valence-corrected chi connectivity index (χ1v) is 6.83. The van der Waals surface area contributed by atoms with Gasteiger partial charge in [-0.25, -0.2) is 0 Å². The molecule has 0 saturated carbocycles. The fraction of sp³-hybridized carbons (Fsp3) is 0.118. The van der Waals surface area contributed by atoms with Gasteiger partial charge in [-0.05, 0) is 30.2 Å². The summed E-state index contributed by atoms with van der Waals surface area (Å²) in [5.74, 6) is 1.28. The number of nitriles is 1. The van der Waals surface area contributed by atoms with Crippen LogP contribution in [0.4, 0.5) is 0 Å². The Morgan fingerprint density at radius 2 is 2.00 bits per heavy atom. The van der Waals surface area contributed by atoms with Crippen LogP contribution >= 0.6 is 11.6 Å². The highest BCUT2D eigenvalue weighted by Gasteiger charge is 2.16. The molecule has 0 atom stereocenters. The zero-order chi connectivity index (χ0) is 14.8. The number of nitrogens with zero attached hydrogens (tertiary/aromatic N) is 1. The molecule has 0 fully saturated rings. The molecule has 4 heteroatoms. The summed E-state index contributed by atoms with van der Waals surface area (Å²) < 4.78 is 10.6. The second-order valence-corrected chi connectivity index (χ2v) is 5.17. The lowest BCUT2D eigenvalue weighted by Crippen LogP contribution is -1.92. The van der Waals surface area contributed by atoms with Gasteiger partial charge >= 0.3 is 0 Å². The van der Waals surface area contributed by atoms with E-state index in [1.165, 1.54) is 0 Å². The van der Waals surface area contributed by atoms with E-state index in [9.17, 15) is 5.26 Å². The quantitative estimate of drug-likeness (QED) is 0.608. The summed E-state index contributed by atoms with van der Waals surface area (Å²) in [6.07, 6.45) is 1.76. The molecular formula is C17H12ClNO2. The molecule has 0 spiro atoms. The van der Waals surface area contributed by atoms with E-state index < -0.39 is 0 Å². The maximum Gasteiger partial charge on any atom is 0.231 e. The minimum absolute atomic E-state index is 0.196. The normalized spacial score (nSPS) is 13.1. The molecule has 1 aliphatic heterocycles. The van der Waals surface area contributed by atoms with Crippen LogP contribution in [-0.2, 0) is 0 Å². The van der Waals surface area contributed by atoms with Crippen LogP contribution in [0.5, 0.6) is 11.5 Å². The average Bonchev–Trinajstić information content (AvgIpc) is 2.91. The molecule has 0 amide bonds. The van der Waals surface area contributed by atoms with Crippen molar-refractivity contribution < 1.29 is 9.47 Å². The Kier molecular flexibility index (Phi) is 3.55. The topological polar surface area (TPSA) is 42.2 Å². The minimum atomic E-state index is 0.196. The van der Waals surface area contributed by atoms with E-state index in [-0.39, 0.29) is 6.79 Å². The number of aryl methyl sites for hydroxylation is 1. The molecule has 0 N–H and O–H groups in total. The van der Waals surface area contributed by atoms with Gasteiger partial charge in [0.1, 0.15) is 0 Å². The molecule has 0 radical (unpaired) electrons. The van der Waals surface area contributed by atoms with Crippen molar-refractivity contribution in [3.05, 3.63) is 58.1 Å². The van der Waals surface area contributed by atoms with Gasteiger partial charge in [0, 0.05) is 6.07 Å². The van der Waals surface area contributed by atoms with E-state index in [2.05, 4.69) is 6.07 Å². The molecule has 104 valence electrons. The van der Waals surface area contributed by atoms with Crippen molar-refractivity contribution in [2.24, 2.45) is 0 Å². The van der Waals surface area contributed by atoms with Gasteiger partial charge in [-0.3, -0.25) is 0 Å². The molecule has 3 rings (SSSR count). The predicted molar refractivity (Wildman–Crippen MR) is 82.2 cm³/mol. The van der Waals surface area contributed by atoms with E-state index >= 15 is 0 Å². The number of hydrogen-bond donors (Lipinski definition) is 0. The summed E-state index contributed by atoms with van der Waals surface area (Å²) in [4.78, 5) is 0. The van der Waals surface area contributed by atoms with Crippen molar-refractivity contribution in [1.29, 1.82) is 5.26 Å². The Bertz CT molecular complexity index is 775. The Morgan fingerprint density at radius 1 is 1.24 bits per heavy atom. The highest BCUT2D eigenvalue weighted by atomic mass is 35.5. The molecule has 0 bridgehead atoms. The largest absolute Gasteiger partial charge is 0.454 e. The summed E-state index contributed by atoms with van der Waals surface area (Å²) in [7, 11) is 0. The lowest BCUT2D eigenvalue weighted by atomic mass is 10.0. The van der Waals surface area contributed by atoms with Crippen LogP contribution in [0.25, 0.3) is 11.6 Å². The predicted octanol–water partition coefficient (Wildman–Crippen LogP) is 4.44. The van der Waals surface area contributed by atoms with Crippen molar-refractivity contribution in [3.63, 3.8) is 0 Å². The molecule has 2 aromatic carbocycles. The third-order valence-electron chi connectivity index (χ3n) is 3.24. The lowest BCUT2D eigenvalue weighted by Gasteiger charge is -2.04. The second-order valence-electron chi connectivity index (χ2n) is 4.77. The van der Waals surface area contributed by atoms with Gasteiger partial charge < -0.3 is 9.47 Å². The minimum Gasteiger partial charge on any atom is -0.454 e. The van der Waals surface area contributed by atoms with Crippen molar-refractivity contribution in [2.45, 2.75) is 6.92 Å². The summed E-state index contributed by atoms with van der Waals surface area (Å²) in [6, 6.07) is 13.5. The van der Waals surface area contributed by atoms with E-state index in [0.717, 1.165) is 16.7 Å². The summed E-state index contributed by atoms with van der Waals surface area (Å²) >= 11 is 6.24. The van der Waals surface area contributed by atoms with Crippen LogP contribution in [0.3, 0.4) is 0 Å². The van der Waals surface area contributed by atoms with Crippen molar-refractivity contribution in [1.82, 2.24) is 0 Å². The van der Waals surface area contributed by atoms with Gasteiger partial charge in [-0.15, -0.1) is 0 Å². The molecule has 0 aliphatic carbocycles. The van der Waals surface area contributed by atoms with Crippen molar-refractivity contribution in [3.8, 4) is 17.6 Å². The molecule has 3 nitrogen and oxygen atoms in total. The molecule has 1 heterocycles. The van der Waals surface area contributed by atoms with Gasteiger partial charge in [0.15, 0.2) is 11.5 Å². The van der Waals surface area contributed by atoms with E-state index in [4.69, 9.17) is 21.1 Å².